The first-order valence-electron chi connectivity index (χ1n) is 10.8. The fourth-order valence-corrected chi connectivity index (χ4v) is 5.62. The Morgan fingerprint density at radius 1 is 1.19 bits per heavy atom. The van der Waals surface area contributed by atoms with Crippen molar-refractivity contribution in [1.82, 2.24) is 15.2 Å². The molecule has 2 amide bonds. The number of nitrogens with zero attached hydrogens (tertiary/aromatic N) is 2. The van der Waals surface area contributed by atoms with E-state index in [-0.39, 0.29) is 29.2 Å². The van der Waals surface area contributed by atoms with Crippen LogP contribution in [0.5, 0.6) is 5.75 Å². The van der Waals surface area contributed by atoms with Gasteiger partial charge in [0.05, 0.1) is 21.5 Å². The van der Waals surface area contributed by atoms with Crippen molar-refractivity contribution in [1.29, 1.82) is 0 Å². The number of para-hydroxylation sites is 1. The van der Waals surface area contributed by atoms with Crippen molar-refractivity contribution >= 4 is 23.2 Å². The number of carbonyl (C=O) groups is 2. The summed E-state index contributed by atoms with van der Waals surface area (Å²) in [6.07, 6.45) is 1.09. The normalized spacial score (nSPS) is 21.3. The molecule has 2 heterocycles. The molecule has 7 heteroatoms. The molecule has 5 rings (SSSR count). The number of piperidine rings is 1. The van der Waals surface area contributed by atoms with Gasteiger partial charge in [-0.05, 0) is 49.8 Å². The van der Waals surface area contributed by atoms with Crippen LogP contribution >= 0.6 is 11.3 Å². The Morgan fingerprint density at radius 3 is 2.78 bits per heavy atom. The number of fused-ring (bicyclic) bond motifs is 1. The molecule has 0 spiro atoms. The molecule has 2 aromatic carbocycles. The van der Waals surface area contributed by atoms with E-state index in [1.807, 2.05) is 36.9 Å². The highest BCUT2D eigenvalue weighted by atomic mass is 32.1. The molecule has 0 bridgehead atoms. The second kappa shape index (κ2) is 8.06. The number of thiazole rings is 1. The summed E-state index contributed by atoms with van der Waals surface area (Å²) in [4.78, 5) is 33.6. The van der Waals surface area contributed by atoms with E-state index in [9.17, 15) is 14.7 Å². The number of hydrogen-bond donors (Lipinski definition) is 2. The third kappa shape index (κ3) is 3.77. The van der Waals surface area contributed by atoms with Crippen LogP contribution in [-0.4, -0.2) is 45.9 Å². The molecule has 1 saturated carbocycles. The van der Waals surface area contributed by atoms with Crippen LogP contribution in [0.4, 0.5) is 0 Å². The topological polar surface area (TPSA) is 82.5 Å². The Kier molecular flexibility index (Phi) is 5.21. The number of likely N-dealkylation sites (tertiary alicyclic amines) is 1. The van der Waals surface area contributed by atoms with Gasteiger partial charge in [-0.15, -0.1) is 11.3 Å². The molecule has 2 aliphatic rings. The average molecular weight is 448 g/mol. The molecule has 32 heavy (non-hydrogen) atoms. The minimum absolute atomic E-state index is 0.0469. The molecular weight excluding hydrogens is 422 g/mol. The number of hydrogen-bond acceptors (Lipinski definition) is 5. The van der Waals surface area contributed by atoms with E-state index in [0.717, 1.165) is 27.4 Å². The summed E-state index contributed by atoms with van der Waals surface area (Å²) in [5.74, 6) is 0.456. The highest BCUT2D eigenvalue weighted by Gasteiger charge is 2.54. The van der Waals surface area contributed by atoms with Gasteiger partial charge >= 0.3 is 0 Å². The molecule has 0 unspecified atom stereocenters. The molecule has 6 nitrogen and oxygen atoms in total. The SMILES string of the molecule is Cc1cccc(-c2sc(C)nc2C(=O)N2C[C@H]3C[C@H]3[C@H]2CNC(=O)c2ccccc2O)c1. The number of amides is 2. The summed E-state index contributed by atoms with van der Waals surface area (Å²) in [7, 11) is 0. The van der Waals surface area contributed by atoms with Gasteiger partial charge in [-0.3, -0.25) is 9.59 Å². The van der Waals surface area contributed by atoms with Crippen molar-refractivity contribution in [2.75, 3.05) is 13.1 Å². The number of phenols is 1. The number of aromatic hydroxyl groups is 1. The van der Waals surface area contributed by atoms with Crippen LogP contribution in [-0.2, 0) is 0 Å². The fraction of sp³-hybridized carbons (Fsp3) is 0.320. The minimum Gasteiger partial charge on any atom is -0.507 e. The second-order valence-electron chi connectivity index (χ2n) is 8.69. The molecule has 1 aliphatic heterocycles. The summed E-state index contributed by atoms with van der Waals surface area (Å²) >= 11 is 1.54. The van der Waals surface area contributed by atoms with Gasteiger partial charge in [0.25, 0.3) is 11.8 Å². The van der Waals surface area contributed by atoms with E-state index in [1.54, 1.807) is 18.2 Å². The van der Waals surface area contributed by atoms with Gasteiger partial charge in [-0.1, -0.05) is 42.0 Å². The lowest BCUT2D eigenvalue weighted by Gasteiger charge is -2.27. The number of phenolic OH excluding ortho intramolecular Hbond substituents is 1. The maximum atomic E-state index is 13.6. The van der Waals surface area contributed by atoms with E-state index < -0.39 is 0 Å². The van der Waals surface area contributed by atoms with Crippen LogP contribution < -0.4 is 5.32 Å². The molecule has 2 N–H and O–H groups in total. The highest BCUT2D eigenvalue weighted by molar-refractivity contribution is 7.15. The summed E-state index contributed by atoms with van der Waals surface area (Å²) in [5, 5.41) is 13.7. The van der Waals surface area contributed by atoms with Crippen molar-refractivity contribution in [3.63, 3.8) is 0 Å². The molecule has 0 radical (unpaired) electrons. The van der Waals surface area contributed by atoms with Gasteiger partial charge in [0.2, 0.25) is 0 Å². The lowest BCUT2D eigenvalue weighted by Crippen LogP contribution is -2.45. The number of rotatable bonds is 5. The zero-order valence-electron chi connectivity index (χ0n) is 18.0. The summed E-state index contributed by atoms with van der Waals surface area (Å²) in [6.45, 7) is 5.02. The minimum atomic E-state index is -0.329. The Labute approximate surface area is 190 Å². The largest absolute Gasteiger partial charge is 0.507 e. The van der Waals surface area contributed by atoms with Crippen molar-refractivity contribution < 1.29 is 14.7 Å². The van der Waals surface area contributed by atoms with Crippen LogP contribution in [0.2, 0.25) is 0 Å². The van der Waals surface area contributed by atoms with E-state index in [1.165, 1.54) is 17.4 Å². The Morgan fingerprint density at radius 2 is 2.00 bits per heavy atom. The van der Waals surface area contributed by atoms with E-state index in [0.29, 0.717) is 30.6 Å². The first-order chi connectivity index (χ1) is 15.4. The first kappa shape index (κ1) is 20.7. The third-order valence-electron chi connectivity index (χ3n) is 6.40. The third-order valence-corrected chi connectivity index (χ3v) is 7.42. The molecule has 1 saturated heterocycles. The quantitative estimate of drug-likeness (QED) is 0.619. The zero-order chi connectivity index (χ0) is 22.4. The molecule has 3 atom stereocenters. The Balaban J connectivity index is 1.36. The van der Waals surface area contributed by atoms with Crippen molar-refractivity contribution in [3.05, 3.63) is 70.4 Å². The number of nitrogens with one attached hydrogen (secondary N) is 1. The first-order valence-corrected chi connectivity index (χ1v) is 11.7. The average Bonchev–Trinajstić information content (AvgIpc) is 3.28. The van der Waals surface area contributed by atoms with Crippen molar-refractivity contribution in [3.8, 4) is 16.2 Å². The van der Waals surface area contributed by atoms with Crippen LogP contribution in [0.25, 0.3) is 10.4 Å². The van der Waals surface area contributed by atoms with E-state index in [4.69, 9.17) is 0 Å². The lowest BCUT2D eigenvalue weighted by molar-refractivity contribution is 0.0690. The summed E-state index contributed by atoms with van der Waals surface area (Å²) < 4.78 is 0. The van der Waals surface area contributed by atoms with Gasteiger partial charge in [0.15, 0.2) is 0 Å². The van der Waals surface area contributed by atoms with Gasteiger partial charge in [0, 0.05) is 13.1 Å². The lowest BCUT2D eigenvalue weighted by atomic mass is 10.1. The smallest absolute Gasteiger partial charge is 0.274 e. The Hall–Kier alpha value is -3.19. The molecule has 3 aromatic rings. The van der Waals surface area contributed by atoms with Crippen molar-refractivity contribution in [2.24, 2.45) is 11.8 Å². The molecule has 1 aromatic heterocycles. The number of carbonyl (C=O) groups excluding carboxylic acids is 2. The molecule has 1 aliphatic carbocycles. The Bertz CT molecular complexity index is 1200. The monoisotopic (exact) mass is 447 g/mol. The number of aryl methyl sites for hydroxylation is 2. The zero-order valence-corrected chi connectivity index (χ0v) is 18.9. The number of benzene rings is 2. The second-order valence-corrected chi connectivity index (χ2v) is 9.89. The standard InChI is InChI=1S/C25H25N3O3S/c1-14-6-5-7-16(10-14)23-22(27-15(2)32-23)25(31)28-13-17-11-19(17)20(28)12-26-24(30)18-8-3-4-9-21(18)29/h3-10,17,19-20,29H,11-13H2,1-2H3,(H,26,30)/t17-,19-,20-/m1/s1. The molecule has 164 valence electrons. The maximum absolute atomic E-state index is 13.6. The van der Waals surface area contributed by atoms with Crippen molar-refractivity contribution in [2.45, 2.75) is 26.3 Å². The predicted octanol–water partition coefficient (Wildman–Crippen LogP) is 4.02. The van der Waals surface area contributed by atoms with Crippen LogP contribution in [0.1, 0.15) is 37.8 Å². The van der Waals surface area contributed by atoms with E-state index in [2.05, 4.69) is 16.4 Å². The molecular formula is C25H25N3O3S. The summed E-state index contributed by atoms with van der Waals surface area (Å²) in [6, 6.07) is 14.6. The molecule has 2 fully saturated rings. The predicted molar refractivity (Wildman–Crippen MR) is 124 cm³/mol. The highest BCUT2D eigenvalue weighted by Crippen LogP contribution is 2.50. The summed E-state index contributed by atoms with van der Waals surface area (Å²) in [5.41, 5.74) is 2.89. The van der Waals surface area contributed by atoms with Crippen LogP contribution in [0.3, 0.4) is 0 Å². The van der Waals surface area contributed by atoms with E-state index >= 15 is 0 Å². The van der Waals surface area contributed by atoms with Gasteiger partial charge in [-0.2, -0.15) is 0 Å². The fourth-order valence-electron chi connectivity index (χ4n) is 4.71. The van der Waals surface area contributed by atoms with Gasteiger partial charge in [0.1, 0.15) is 11.4 Å². The van der Waals surface area contributed by atoms with Gasteiger partial charge < -0.3 is 15.3 Å². The van der Waals surface area contributed by atoms with Crippen LogP contribution in [0, 0.1) is 25.7 Å². The van der Waals surface area contributed by atoms with Gasteiger partial charge in [-0.25, -0.2) is 4.98 Å². The number of aromatic nitrogens is 1. The van der Waals surface area contributed by atoms with Crippen LogP contribution in [0.15, 0.2) is 48.5 Å². The maximum Gasteiger partial charge on any atom is 0.274 e.